The Labute approximate surface area is 157 Å². The van der Waals surface area contributed by atoms with E-state index >= 15 is 0 Å². The zero-order chi connectivity index (χ0) is 18.4. The number of nitrogens with one attached hydrogen (secondary N) is 1. The number of amides is 1. The number of aromatic amines is 1. The van der Waals surface area contributed by atoms with Crippen molar-refractivity contribution in [2.24, 2.45) is 0 Å². The molecule has 7 nitrogen and oxygen atoms in total. The van der Waals surface area contributed by atoms with E-state index in [9.17, 15) is 4.79 Å². The average molecular weight is 362 g/mol. The van der Waals surface area contributed by atoms with E-state index in [0.717, 1.165) is 54.8 Å². The quantitative estimate of drug-likeness (QED) is 0.775. The van der Waals surface area contributed by atoms with Crippen LogP contribution in [0, 0.1) is 0 Å². The number of rotatable bonds is 3. The van der Waals surface area contributed by atoms with E-state index in [2.05, 4.69) is 36.7 Å². The molecule has 2 aliphatic heterocycles. The van der Waals surface area contributed by atoms with Gasteiger partial charge in [0.15, 0.2) is 0 Å². The Morgan fingerprint density at radius 2 is 2.04 bits per heavy atom. The molecule has 0 aliphatic carbocycles. The highest BCUT2D eigenvalue weighted by molar-refractivity contribution is 6.08. The van der Waals surface area contributed by atoms with Crippen molar-refractivity contribution in [3.63, 3.8) is 0 Å². The van der Waals surface area contributed by atoms with Crippen molar-refractivity contribution >= 4 is 22.8 Å². The highest BCUT2D eigenvalue weighted by Gasteiger charge is 2.43. The highest BCUT2D eigenvalue weighted by atomic mass is 16.2. The zero-order valence-electron chi connectivity index (χ0n) is 15.4. The van der Waals surface area contributed by atoms with Gasteiger partial charge in [0.25, 0.3) is 5.91 Å². The predicted octanol–water partition coefficient (Wildman–Crippen LogP) is 2.76. The molecule has 5 heterocycles. The lowest BCUT2D eigenvalue weighted by Gasteiger charge is -2.49. The van der Waals surface area contributed by atoms with E-state index in [1.54, 1.807) is 18.7 Å². The molecular weight excluding hydrogens is 340 g/mol. The normalized spacial score (nSPS) is 18.9. The maximum absolute atomic E-state index is 13.4. The lowest BCUT2D eigenvalue weighted by atomic mass is 9.81. The number of nitrogens with zero attached hydrogens (tertiary/aromatic N) is 5. The molecule has 0 aromatic carbocycles. The van der Waals surface area contributed by atoms with E-state index in [4.69, 9.17) is 0 Å². The Balaban J connectivity index is 1.44. The first kappa shape index (κ1) is 16.2. The topological polar surface area (TPSA) is 78.0 Å². The number of anilines is 1. The number of hydrogen-bond acceptors (Lipinski definition) is 5. The molecule has 7 heteroatoms. The van der Waals surface area contributed by atoms with Crippen LogP contribution in [-0.4, -0.2) is 49.4 Å². The third kappa shape index (κ3) is 2.41. The van der Waals surface area contributed by atoms with Gasteiger partial charge in [0, 0.05) is 49.1 Å². The number of aromatic nitrogens is 4. The SMILES string of the molecule is CCC1(N2Cc3c[nH]c4nccc(c34)C2=O)CCN(c2ccncn2)CC1. The second-order valence-electron chi connectivity index (χ2n) is 7.42. The van der Waals surface area contributed by atoms with E-state index < -0.39 is 0 Å². The van der Waals surface area contributed by atoms with Gasteiger partial charge >= 0.3 is 0 Å². The third-order valence-electron chi connectivity index (χ3n) is 6.27. The molecular formula is C20H22N6O. The fourth-order valence-electron chi connectivity index (χ4n) is 4.63. The average Bonchev–Trinajstić information content (AvgIpc) is 3.15. The maximum atomic E-state index is 13.4. The van der Waals surface area contributed by atoms with Crippen LogP contribution in [-0.2, 0) is 6.54 Å². The summed E-state index contributed by atoms with van der Waals surface area (Å²) in [6.07, 6.45) is 9.91. The molecule has 0 unspecified atom stereocenters. The van der Waals surface area contributed by atoms with Gasteiger partial charge in [0.05, 0.1) is 5.56 Å². The summed E-state index contributed by atoms with van der Waals surface area (Å²) < 4.78 is 0. The first-order chi connectivity index (χ1) is 13.2. The molecule has 3 aromatic heterocycles. The Bertz CT molecular complexity index is 990. The van der Waals surface area contributed by atoms with Crippen LogP contribution in [0.5, 0.6) is 0 Å². The van der Waals surface area contributed by atoms with Gasteiger partial charge in [-0.1, -0.05) is 6.92 Å². The number of pyridine rings is 1. The van der Waals surface area contributed by atoms with Gasteiger partial charge in [-0.2, -0.15) is 0 Å². The highest BCUT2D eigenvalue weighted by Crippen LogP contribution is 2.39. The Morgan fingerprint density at radius 3 is 2.78 bits per heavy atom. The van der Waals surface area contributed by atoms with Gasteiger partial charge in [-0.25, -0.2) is 15.0 Å². The van der Waals surface area contributed by atoms with Crippen LogP contribution in [0.25, 0.3) is 11.0 Å². The molecule has 138 valence electrons. The summed E-state index contributed by atoms with van der Waals surface area (Å²) in [6, 6.07) is 3.80. The van der Waals surface area contributed by atoms with Crippen molar-refractivity contribution in [3.05, 3.63) is 48.2 Å². The van der Waals surface area contributed by atoms with Crippen molar-refractivity contribution in [2.75, 3.05) is 18.0 Å². The number of carbonyl (C=O) groups is 1. The van der Waals surface area contributed by atoms with Crippen LogP contribution in [0.15, 0.2) is 37.1 Å². The number of hydrogen-bond donors (Lipinski definition) is 1. The summed E-state index contributed by atoms with van der Waals surface area (Å²) in [4.78, 5) is 33.7. The molecule has 0 atom stereocenters. The summed E-state index contributed by atoms with van der Waals surface area (Å²) >= 11 is 0. The monoisotopic (exact) mass is 362 g/mol. The van der Waals surface area contributed by atoms with Gasteiger partial charge in [-0.15, -0.1) is 0 Å². The Kier molecular flexibility index (Phi) is 3.63. The van der Waals surface area contributed by atoms with Crippen molar-refractivity contribution < 1.29 is 4.79 Å². The third-order valence-corrected chi connectivity index (χ3v) is 6.27. The number of H-pyrrole nitrogens is 1. The summed E-state index contributed by atoms with van der Waals surface area (Å²) in [5.41, 5.74) is 2.62. The zero-order valence-corrected chi connectivity index (χ0v) is 15.4. The molecule has 0 saturated carbocycles. The largest absolute Gasteiger partial charge is 0.356 e. The fourth-order valence-corrected chi connectivity index (χ4v) is 4.63. The fraction of sp³-hybridized carbons (Fsp3) is 0.400. The molecule has 1 N–H and O–H groups in total. The summed E-state index contributed by atoms with van der Waals surface area (Å²) in [7, 11) is 0. The summed E-state index contributed by atoms with van der Waals surface area (Å²) in [6.45, 7) is 4.63. The van der Waals surface area contributed by atoms with Gasteiger partial charge in [0.1, 0.15) is 17.8 Å². The lowest BCUT2D eigenvalue weighted by Crippen LogP contribution is -2.57. The van der Waals surface area contributed by atoms with Crippen LogP contribution < -0.4 is 4.90 Å². The van der Waals surface area contributed by atoms with Crippen LogP contribution in [0.2, 0.25) is 0 Å². The molecule has 0 spiro atoms. The lowest BCUT2D eigenvalue weighted by molar-refractivity contribution is 0.0319. The standard InChI is InChI=1S/C20H22N6O/c1-2-20(5-9-25(10-6-20)16-4-7-21-13-24-16)26-12-14-11-23-18-17(14)15(19(26)27)3-8-22-18/h3-4,7-8,11,13H,2,5-6,9-10,12H2,1H3,(H,22,23). The van der Waals surface area contributed by atoms with Crippen molar-refractivity contribution in [2.45, 2.75) is 38.3 Å². The van der Waals surface area contributed by atoms with Crippen LogP contribution >= 0.6 is 0 Å². The molecule has 0 bridgehead atoms. The smallest absolute Gasteiger partial charge is 0.255 e. The number of piperidine rings is 1. The molecule has 1 saturated heterocycles. The van der Waals surface area contributed by atoms with Crippen LogP contribution in [0.1, 0.15) is 42.1 Å². The van der Waals surface area contributed by atoms with E-state index in [0.29, 0.717) is 6.54 Å². The molecule has 1 amide bonds. The molecule has 1 fully saturated rings. The summed E-state index contributed by atoms with van der Waals surface area (Å²) in [5, 5.41) is 0.989. The first-order valence-corrected chi connectivity index (χ1v) is 9.50. The van der Waals surface area contributed by atoms with Gasteiger partial charge in [-0.3, -0.25) is 4.79 Å². The van der Waals surface area contributed by atoms with Crippen LogP contribution in [0.3, 0.4) is 0 Å². The Morgan fingerprint density at radius 1 is 1.19 bits per heavy atom. The van der Waals surface area contributed by atoms with E-state index in [1.807, 2.05) is 18.3 Å². The molecule has 0 radical (unpaired) electrons. The van der Waals surface area contributed by atoms with Crippen LogP contribution in [0.4, 0.5) is 5.82 Å². The second kappa shape index (κ2) is 6.04. The van der Waals surface area contributed by atoms with E-state index in [-0.39, 0.29) is 11.4 Å². The van der Waals surface area contributed by atoms with Crippen molar-refractivity contribution in [3.8, 4) is 0 Å². The van der Waals surface area contributed by atoms with Gasteiger partial charge in [0.2, 0.25) is 0 Å². The minimum absolute atomic E-state index is 0.120. The Hall–Kier alpha value is -2.96. The maximum Gasteiger partial charge on any atom is 0.255 e. The van der Waals surface area contributed by atoms with E-state index in [1.165, 1.54) is 5.56 Å². The predicted molar refractivity (Wildman–Crippen MR) is 102 cm³/mol. The minimum atomic E-state index is -0.120. The van der Waals surface area contributed by atoms with Gasteiger partial charge < -0.3 is 14.8 Å². The van der Waals surface area contributed by atoms with Crippen molar-refractivity contribution in [1.82, 2.24) is 24.8 Å². The summed E-state index contributed by atoms with van der Waals surface area (Å²) in [5.74, 6) is 1.09. The molecule has 27 heavy (non-hydrogen) atoms. The minimum Gasteiger partial charge on any atom is -0.356 e. The second-order valence-corrected chi connectivity index (χ2v) is 7.42. The molecule has 5 rings (SSSR count). The molecule has 2 aliphatic rings. The molecule has 3 aromatic rings. The van der Waals surface area contributed by atoms with Gasteiger partial charge in [-0.05, 0) is 37.0 Å². The first-order valence-electron chi connectivity index (χ1n) is 9.50. The number of carbonyl (C=O) groups excluding carboxylic acids is 1. The van der Waals surface area contributed by atoms with Crippen molar-refractivity contribution in [1.29, 1.82) is 0 Å².